The molecule has 0 aliphatic carbocycles. The lowest BCUT2D eigenvalue weighted by molar-refractivity contribution is 0.100. The van der Waals surface area contributed by atoms with Gasteiger partial charge in [-0.15, -0.1) is 0 Å². The summed E-state index contributed by atoms with van der Waals surface area (Å²) in [5.41, 5.74) is 0.0719. The Balaban J connectivity index is 2.85. The van der Waals surface area contributed by atoms with Crippen LogP contribution in [0.2, 0.25) is 5.15 Å². The number of hydrogen-bond acceptors (Lipinski definition) is 3. The van der Waals surface area contributed by atoms with Crippen molar-refractivity contribution in [1.82, 2.24) is 9.97 Å². The molecule has 5 heteroatoms. The van der Waals surface area contributed by atoms with E-state index in [0.717, 1.165) is 0 Å². The molecule has 0 aliphatic heterocycles. The summed E-state index contributed by atoms with van der Waals surface area (Å²) >= 11 is 5.81. The van der Waals surface area contributed by atoms with Gasteiger partial charge in [-0.05, 0) is 12.1 Å². The first kappa shape index (κ1) is 9.98. The van der Waals surface area contributed by atoms with E-state index in [9.17, 15) is 9.18 Å². The van der Waals surface area contributed by atoms with Gasteiger partial charge < -0.3 is 0 Å². The first-order valence-corrected chi connectivity index (χ1v) is 4.60. The Morgan fingerprint density at radius 3 is 2.80 bits per heavy atom. The van der Waals surface area contributed by atoms with E-state index in [1.807, 2.05) is 0 Å². The molecule has 0 bridgehead atoms. The maximum Gasteiger partial charge on any atom is 0.197 e. The van der Waals surface area contributed by atoms with Crippen LogP contribution in [-0.4, -0.2) is 15.8 Å². The molecule has 0 saturated carbocycles. The number of aromatic nitrogens is 2. The van der Waals surface area contributed by atoms with Gasteiger partial charge in [-0.25, -0.2) is 14.4 Å². The van der Waals surface area contributed by atoms with E-state index >= 15 is 0 Å². The molecule has 0 fully saturated rings. The molecule has 0 N–H and O–H groups in total. The smallest absolute Gasteiger partial charge is 0.197 e. The fourth-order valence-electron chi connectivity index (χ4n) is 1.24. The number of benzene rings is 1. The standard InChI is InChI=1S/C10H6ClFN2O/c1-5(15)10-13-8-6(9(11)14-10)3-2-4-7(8)12/h2-4H,1H3. The van der Waals surface area contributed by atoms with Crippen LogP contribution in [0.1, 0.15) is 17.5 Å². The quantitative estimate of drug-likeness (QED) is 0.552. The van der Waals surface area contributed by atoms with Crippen LogP contribution in [0.5, 0.6) is 0 Å². The van der Waals surface area contributed by atoms with Gasteiger partial charge in [0.15, 0.2) is 11.6 Å². The molecule has 1 aromatic carbocycles. The highest BCUT2D eigenvalue weighted by Gasteiger charge is 2.11. The van der Waals surface area contributed by atoms with Gasteiger partial charge in [0, 0.05) is 12.3 Å². The number of halogens is 2. The van der Waals surface area contributed by atoms with Crippen LogP contribution in [-0.2, 0) is 0 Å². The predicted octanol–water partition coefficient (Wildman–Crippen LogP) is 2.62. The molecular weight excluding hydrogens is 219 g/mol. The van der Waals surface area contributed by atoms with Crippen LogP contribution >= 0.6 is 11.6 Å². The van der Waals surface area contributed by atoms with E-state index < -0.39 is 5.82 Å². The van der Waals surface area contributed by atoms with Gasteiger partial charge in [-0.1, -0.05) is 17.7 Å². The summed E-state index contributed by atoms with van der Waals surface area (Å²) in [6.45, 7) is 1.30. The number of rotatable bonds is 1. The zero-order valence-electron chi connectivity index (χ0n) is 7.79. The largest absolute Gasteiger partial charge is 0.291 e. The molecule has 1 heterocycles. The molecule has 3 nitrogen and oxygen atoms in total. The maximum absolute atomic E-state index is 13.3. The van der Waals surface area contributed by atoms with E-state index in [4.69, 9.17) is 11.6 Å². The molecular formula is C10H6ClFN2O. The fraction of sp³-hybridized carbons (Fsp3) is 0.100. The van der Waals surface area contributed by atoms with Crippen LogP contribution in [0.3, 0.4) is 0 Å². The highest BCUT2D eigenvalue weighted by atomic mass is 35.5. The molecule has 0 unspecified atom stereocenters. The van der Waals surface area contributed by atoms with Crippen molar-refractivity contribution in [2.24, 2.45) is 0 Å². The minimum Gasteiger partial charge on any atom is -0.291 e. The Hall–Kier alpha value is -1.55. The molecule has 0 radical (unpaired) electrons. The van der Waals surface area contributed by atoms with E-state index in [1.165, 1.54) is 19.1 Å². The zero-order valence-corrected chi connectivity index (χ0v) is 8.55. The molecule has 0 spiro atoms. The molecule has 2 aromatic rings. The minimum atomic E-state index is -0.515. The SMILES string of the molecule is CC(=O)c1nc(Cl)c2cccc(F)c2n1. The minimum absolute atomic E-state index is 0.0717. The molecule has 76 valence electrons. The Bertz CT molecular complexity index is 556. The zero-order chi connectivity index (χ0) is 11.0. The van der Waals surface area contributed by atoms with Crippen molar-refractivity contribution in [3.05, 3.63) is 35.0 Å². The molecule has 0 aliphatic rings. The molecule has 1 aromatic heterocycles. The van der Waals surface area contributed by atoms with Crippen molar-refractivity contribution in [3.63, 3.8) is 0 Å². The fourth-order valence-corrected chi connectivity index (χ4v) is 1.47. The van der Waals surface area contributed by atoms with Gasteiger partial charge >= 0.3 is 0 Å². The van der Waals surface area contributed by atoms with Gasteiger partial charge in [0.05, 0.1) is 0 Å². The Morgan fingerprint density at radius 2 is 2.13 bits per heavy atom. The summed E-state index contributed by atoms with van der Waals surface area (Å²) in [6, 6.07) is 4.38. The summed E-state index contributed by atoms with van der Waals surface area (Å²) in [6.07, 6.45) is 0. The summed E-state index contributed by atoms with van der Waals surface area (Å²) in [5.74, 6) is -0.932. The topological polar surface area (TPSA) is 42.9 Å². The van der Waals surface area contributed by atoms with Gasteiger partial charge in [0.1, 0.15) is 16.5 Å². The average Bonchev–Trinajstić information content (AvgIpc) is 2.19. The number of carbonyl (C=O) groups is 1. The van der Waals surface area contributed by atoms with Crippen LogP contribution in [0.15, 0.2) is 18.2 Å². The number of carbonyl (C=O) groups excluding carboxylic acids is 1. The Labute approximate surface area is 89.9 Å². The molecule has 0 saturated heterocycles. The second kappa shape index (κ2) is 3.55. The highest BCUT2D eigenvalue weighted by molar-refractivity contribution is 6.34. The average molecular weight is 225 g/mol. The molecule has 2 rings (SSSR count). The summed E-state index contributed by atoms with van der Waals surface area (Å²) in [4.78, 5) is 18.6. The number of hydrogen-bond donors (Lipinski definition) is 0. The first-order chi connectivity index (χ1) is 7.09. The van der Waals surface area contributed by atoms with E-state index in [2.05, 4.69) is 9.97 Å². The van der Waals surface area contributed by atoms with E-state index in [0.29, 0.717) is 5.39 Å². The van der Waals surface area contributed by atoms with Crippen molar-refractivity contribution in [1.29, 1.82) is 0 Å². The van der Waals surface area contributed by atoms with Crippen LogP contribution in [0.4, 0.5) is 4.39 Å². The van der Waals surface area contributed by atoms with Crippen LogP contribution in [0, 0.1) is 5.82 Å². The van der Waals surface area contributed by atoms with Crippen LogP contribution in [0.25, 0.3) is 10.9 Å². The van der Waals surface area contributed by atoms with Crippen molar-refractivity contribution in [2.75, 3.05) is 0 Å². The normalized spacial score (nSPS) is 10.6. The van der Waals surface area contributed by atoms with Gasteiger partial charge in [-0.3, -0.25) is 4.79 Å². The number of nitrogens with zero attached hydrogens (tertiary/aromatic N) is 2. The lowest BCUT2D eigenvalue weighted by Crippen LogP contribution is -2.02. The maximum atomic E-state index is 13.3. The molecule has 0 atom stereocenters. The third-order valence-corrected chi connectivity index (χ3v) is 2.23. The van der Waals surface area contributed by atoms with Gasteiger partial charge in [-0.2, -0.15) is 0 Å². The van der Waals surface area contributed by atoms with Gasteiger partial charge in [0.25, 0.3) is 0 Å². The third-order valence-electron chi connectivity index (χ3n) is 1.95. The summed E-state index contributed by atoms with van der Waals surface area (Å²) in [7, 11) is 0. The number of fused-ring (bicyclic) bond motifs is 1. The number of para-hydroxylation sites is 1. The van der Waals surface area contributed by atoms with Crippen LogP contribution < -0.4 is 0 Å². The van der Waals surface area contributed by atoms with Crippen molar-refractivity contribution < 1.29 is 9.18 Å². The summed E-state index contributed by atoms with van der Waals surface area (Å²) in [5, 5.41) is 0.492. The second-order valence-corrected chi connectivity index (χ2v) is 3.39. The third kappa shape index (κ3) is 1.68. The predicted molar refractivity (Wildman–Crippen MR) is 54.5 cm³/mol. The monoisotopic (exact) mass is 224 g/mol. The van der Waals surface area contributed by atoms with Crippen molar-refractivity contribution >= 4 is 28.3 Å². The van der Waals surface area contributed by atoms with Crippen molar-refractivity contribution in [3.8, 4) is 0 Å². The van der Waals surface area contributed by atoms with E-state index in [-0.39, 0.29) is 22.3 Å². The number of ketones is 1. The second-order valence-electron chi connectivity index (χ2n) is 3.03. The number of Topliss-reactive ketones (excluding diaryl/α,β-unsaturated/α-hetero) is 1. The van der Waals surface area contributed by atoms with E-state index in [1.54, 1.807) is 6.07 Å². The Morgan fingerprint density at radius 1 is 1.40 bits per heavy atom. The molecule has 0 amide bonds. The highest BCUT2D eigenvalue weighted by Crippen LogP contribution is 2.22. The lowest BCUT2D eigenvalue weighted by atomic mass is 10.2. The first-order valence-electron chi connectivity index (χ1n) is 4.22. The Kier molecular flexibility index (Phi) is 2.36. The van der Waals surface area contributed by atoms with Gasteiger partial charge in [0.2, 0.25) is 0 Å². The van der Waals surface area contributed by atoms with Crippen molar-refractivity contribution in [2.45, 2.75) is 6.92 Å². The lowest BCUT2D eigenvalue weighted by Gasteiger charge is -2.02. The summed E-state index contributed by atoms with van der Waals surface area (Å²) < 4.78 is 13.3. The molecule has 15 heavy (non-hydrogen) atoms.